The molecule has 26 heavy (non-hydrogen) atoms. The molecular formula is C19H28N2O4S. The van der Waals surface area contributed by atoms with Crippen molar-refractivity contribution >= 4 is 15.9 Å². The normalized spacial score (nSPS) is 21.2. The van der Waals surface area contributed by atoms with Gasteiger partial charge in [0.25, 0.3) is 0 Å². The number of sulfonamides is 1. The second-order valence-electron chi connectivity index (χ2n) is 7.19. The third-order valence-electron chi connectivity index (χ3n) is 5.10. The van der Waals surface area contributed by atoms with Crippen LogP contribution in [0.4, 0.5) is 0 Å². The minimum Gasteiger partial charge on any atom is -0.376 e. The molecule has 1 aromatic carbocycles. The molecule has 0 spiro atoms. The predicted octanol–water partition coefficient (Wildman–Crippen LogP) is 2.14. The maximum atomic E-state index is 12.4. The lowest BCUT2D eigenvalue weighted by Crippen LogP contribution is -2.32. The Morgan fingerprint density at radius 2 is 1.81 bits per heavy atom. The van der Waals surface area contributed by atoms with Gasteiger partial charge in [0.05, 0.1) is 11.0 Å². The monoisotopic (exact) mass is 380 g/mol. The molecule has 7 heteroatoms. The van der Waals surface area contributed by atoms with Crippen molar-refractivity contribution in [1.82, 2.24) is 10.0 Å². The van der Waals surface area contributed by atoms with E-state index in [1.807, 2.05) is 0 Å². The van der Waals surface area contributed by atoms with Crippen LogP contribution < -0.4 is 10.0 Å². The van der Waals surface area contributed by atoms with Crippen molar-refractivity contribution < 1.29 is 17.9 Å². The zero-order chi connectivity index (χ0) is 18.4. The lowest BCUT2D eigenvalue weighted by molar-refractivity contribution is -0.121. The van der Waals surface area contributed by atoms with Gasteiger partial charge in [0.1, 0.15) is 0 Å². The first-order valence-electron chi connectivity index (χ1n) is 9.52. The van der Waals surface area contributed by atoms with E-state index < -0.39 is 10.0 Å². The van der Waals surface area contributed by atoms with Crippen molar-refractivity contribution in [3.8, 4) is 0 Å². The number of amides is 1. The van der Waals surface area contributed by atoms with E-state index in [0.717, 1.165) is 50.7 Å². The first-order valence-corrected chi connectivity index (χ1v) is 11.0. The molecule has 1 aliphatic heterocycles. The van der Waals surface area contributed by atoms with Gasteiger partial charge in [-0.2, -0.15) is 0 Å². The average Bonchev–Trinajstić information content (AvgIpc) is 3.32. The molecule has 1 saturated heterocycles. The molecule has 2 fully saturated rings. The third kappa shape index (κ3) is 5.53. The lowest BCUT2D eigenvalue weighted by Gasteiger charge is -2.13. The molecule has 2 N–H and O–H groups in total. The van der Waals surface area contributed by atoms with Crippen molar-refractivity contribution in [3.63, 3.8) is 0 Å². The summed E-state index contributed by atoms with van der Waals surface area (Å²) < 4.78 is 33.0. The molecule has 2 aliphatic rings. The van der Waals surface area contributed by atoms with Crippen LogP contribution in [0, 0.1) is 0 Å². The Bertz CT molecular complexity index is 691. The fourth-order valence-corrected chi connectivity index (χ4v) is 4.85. The van der Waals surface area contributed by atoms with E-state index in [0.29, 0.717) is 19.4 Å². The van der Waals surface area contributed by atoms with E-state index in [-0.39, 0.29) is 22.9 Å². The Hall–Kier alpha value is -1.44. The maximum Gasteiger partial charge on any atom is 0.240 e. The number of carbonyl (C=O) groups is 1. The average molecular weight is 381 g/mol. The van der Waals surface area contributed by atoms with Crippen LogP contribution in [-0.4, -0.2) is 39.6 Å². The number of carbonyl (C=O) groups excluding carboxylic acids is 1. The SMILES string of the molecule is O=C(CCc1ccc(S(=O)(=O)NC2CCCC2)cc1)NCC1CCCO1. The Kier molecular flexibility index (Phi) is 6.67. The highest BCUT2D eigenvalue weighted by Gasteiger charge is 2.22. The predicted molar refractivity (Wildman–Crippen MR) is 99.3 cm³/mol. The molecular weight excluding hydrogens is 352 g/mol. The van der Waals surface area contributed by atoms with Gasteiger partial charge in [-0.25, -0.2) is 13.1 Å². The van der Waals surface area contributed by atoms with Crippen LogP contribution in [-0.2, 0) is 26.0 Å². The van der Waals surface area contributed by atoms with Crippen LogP contribution in [0.25, 0.3) is 0 Å². The molecule has 1 unspecified atom stereocenters. The summed E-state index contributed by atoms with van der Waals surface area (Å²) in [7, 11) is -3.45. The van der Waals surface area contributed by atoms with E-state index in [9.17, 15) is 13.2 Å². The number of rotatable bonds is 8. The lowest BCUT2D eigenvalue weighted by atomic mass is 10.1. The summed E-state index contributed by atoms with van der Waals surface area (Å²) >= 11 is 0. The van der Waals surface area contributed by atoms with Crippen LogP contribution in [0.15, 0.2) is 29.2 Å². The number of ether oxygens (including phenoxy) is 1. The smallest absolute Gasteiger partial charge is 0.240 e. The highest BCUT2D eigenvalue weighted by Crippen LogP contribution is 2.20. The topological polar surface area (TPSA) is 84.5 Å². The molecule has 0 aromatic heterocycles. The van der Waals surface area contributed by atoms with Gasteiger partial charge in [-0.3, -0.25) is 4.79 Å². The van der Waals surface area contributed by atoms with Crippen molar-refractivity contribution in [2.75, 3.05) is 13.2 Å². The van der Waals surface area contributed by atoms with Crippen molar-refractivity contribution in [3.05, 3.63) is 29.8 Å². The summed E-state index contributed by atoms with van der Waals surface area (Å²) in [6.07, 6.45) is 7.19. The summed E-state index contributed by atoms with van der Waals surface area (Å²) in [5.74, 6) is 0.0000909. The van der Waals surface area contributed by atoms with Crippen molar-refractivity contribution in [2.45, 2.75) is 68.4 Å². The fraction of sp³-hybridized carbons (Fsp3) is 0.632. The molecule has 3 rings (SSSR count). The van der Waals surface area contributed by atoms with E-state index >= 15 is 0 Å². The number of aryl methyl sites for hydroxylation is 1. The van der Waals surface area contributed by atoms with Crippen molar-refractivity contribution in [1.29, 1.82) is 0 Å². The molecule has 1 aliphatic carbocycles. The van der Waals surface area contributed by atoms with Gasteiger partial charge in [0.2, 0.25) is 15.9 Å². The largest absolute Gasteiger partial charge is 0.376 e. The van der Waals surface area contributed by atoms with E-state index in [4.69, 9.17) is 4.74 Å². The third-order valence-corrected chi connectivity index (χ3v) is 6.64. The summed E-state index contributed by atoms with van der Waals surface area (Å²) in [5.41, 5.74) is 0.956. The number of hydrogen-bond acceptors (Lipinski definition) is 4. The highest BCUT2D eigenvalue weighted by molar-refractivity contribution is 7.89. The minimum absolute atomic E-state index is 0.0000909. The van der Waals surface area contributed by atoms with Crippen LogP contribution in [0.1, 0.15) is 50.5 Å². The van der Waals surface area contributed by atoms with E-state index in [1.165, 1.54) is 0 Å². The Balaban J connectivity index is 1.45. The number of nitrogens with one attached hydrogen (secondary N) is 2. The molecule has 0 bridgehead atoms. The van der Waals surface area contributed by atoms with Crippen LogP contribution in [0.3, 0.4) is 0 Å². The van der Waals surface area contributed by atoms with Gasteiger partial charge in [-0.05, 0) is 49.8 Å². The first kappa shape index (κ1) is 19.3. The second-order valence-corrected chi connectivity index (χ2v) is 8.90. The Morgan fingerprint density at radius 3 is 2.46 bits per heavy atom. The van der Waals surface area contributed by atoms with Gasteiger partial charge in [-0.15, -0.1) is 0 Å². The standard InChI is InChI=1S/C19H28N2O4S/c22-19(20-14-17-6-3-13-25-17)12-9-15-7-10-18(11-8-15)26(23,24)21-16-4-1-2-5-16/h7-8,10-11,16-17,21H,1-6,9,12-14H2,(H,20,22). The molecule has 6 nitrogen and oxygen atoms in total. The highest BCUT2D eigenvalue weighted by atomic mass is 32.2. The van der Waals surface area contributed by atoms with Crippen molar-refractivity contribution in [2.24, 2.45) is 0 Å². The zero-order valence-corrected chi connectivity index (χ0v) is 15.9. The Labute approximate surface area is 155 Å². The van der Waals surface area contributed by atoms with E-state index in [2.05, 4.69) is 10.0 Å². The van der Waals surface area contributed by atoms with Gasteiger partial charge >= 0.3 is 0 Å². The molecule has 144 valence electrons. The Morgan fingerprint density at radius 1 is 1.08 bits per heavy atom. The van der Waals surface area contributed by atoms with Crippen LogP contribution >= 0.6 is 0 Å². The summed E-state index contributed by atoms with van der Waals surface area (Å²) in [5, 5.41) is 2.90. The summed E-state index contributed by atoms with van der Waals surface area (Å²) in [6.45, 7) is 1.36. The summed E-state index contributed by atoms with van der Waals surface area (Å²) in [6, 6.07) is 6.88. The molecule has 1 heterocycles. The summed E-state index contributed by atoms with van der Waals surface area (Å²) in [4.78, 5) is 12.2. The van der Waals surface area contributed by atoms with E-state index in [1.54, 1.807) is 24.3 Å². The molecule has 1 amide bonds. The number of benzene rings is 1. The van der Waals surface area contributed by atoms with Gasteiger partial charge in [-0.1, -0.05) is 25.0 Å². The van der Waals surface area contributed by atoms with Gasteiger partial charge in [0, 0.05) is 25.6 Å². The second kappa shape index (κ2) is 8.97. The molecule has 1 aromatic rings. The van der Waals surface area contributed by atoms with Crippen LogP contribution in [0.2, 0.25) is 0 Å². The minimum atomic E-state index is -3.45. The number of hydrogen-bond donors (Lipinski definition) is 2. The first-order chi connectivity index (χ1) is 12.5. The van der Waals surface area contributed by atoms with Gasteiger partial charge in [0.15, 0.2) is 0 Å². The van der Waals surface area contributed by atoms with Crippen LogP contribution in [0.5, 0.6) is 0 Å². The quantitative estimate of drug-likeness (QED) is 0.724. The molecule has 1 saturated carbocycles. The fourth-order valence-electron chi connectivity index (χ4n) is 3.55. The zero-order valence-electron chi connectivity index (χ0n) is 15.1. The molecule has 0 radical (unpaired) electrons. The maximum absolute atomic E-state index is 12.4. The molecule has 1 atom stereocenters. The van der Waals surface area contributed by atoms with Gasteiger partial charge < -0.3 is 10.1 Å².